The summed E-state index contributed by atoms with van der Waals surface area (Å²) in [6.45, 7) is 8.21. The van der Waals surface area contributed by atoms with E-state index in [1.165, 1.54) is 41.8 Å². The molecule has 0 saturated carbocycles. The average Bonchev–Trinajstić information content (AvgIpc) is 2.61. The van der Waals surface area contributed by atoms with Crippen LogP contribution in [0.2, 0.25) is 0 Å². The predicted octanol–water partition coefficient (Wildman–Crippen LogP) is 5.08. The van der Waals surface area contributed by atoms with Gasteiger partial charge in [0.25, 0.3) is 0 Å². The Kier molecular flexibility index (Phi) is 5.48. The van der Waals surface area contributed by atoms with Crippen molar-refractivity contribution in [1.82, 2.24) is 4.90 Å². The highest BCUT2D eigenvalue weighted by atomic mass is 15.2. The minimum atomic E-state index is 0.439. The van der Waals surface area contributed by atoms with Crippen LogP contribution in [0.1, 0.15) is 32.3 Å². The van der Waals surface area contributed by atoms with Gasteiger partial charge in [-0.25, -0.2) is 0 Å². The molecule has 0 radical (unpaired) electrons. The average molecular weight is 337 g/mol. The number of aryl methyl sites for hydroxylation is 1. The molecule has 0 bridgehead atoms. The van der Waals surface area contributed by atoms with Gasteiger partial charge in [-0.2, -0.15) is 0 Å². The van der Waals surface area contributed by atoms with E-state index in [-0.39, 0.29) is 0 Å². The summed E-state index contributed by atoms with van der Waals surface area (Å²) in [4.78, 5) is 4.98. The lowest BCUT2D eigenvalue weighted by Gasteiger charge is -2.43. The topological polar surface area (TPSA) is 6.48 Å². The predicted molar refractivity (Wildman–Crippen MR) is 109 cm³/mol. The van der Waals surface area contributed by atoms with Gasteiger partial charge in [-0.15, -0.1) is 0 Å². The van der Waals surface area contributed by atoms with Gasteiger partial charge in [0.2, 0.25) is 0 Å². The highest BCUT2D eigenvalue weighted by molar-refractivity contribution is 5.81. The van der Waals surface area contributed by atoms with Gasteiger partial charge in [-0.3, -0.25) is 0 Å². The van der Waals surface area contributed by atoms with E-state index in [0.29, 0.717) is 5.41 Å². The summed E-state index contributed by atoms with van der Waals surface area (Å²) in [6.07, 6.45) is 3.61. The van der Waals surface area contributed by atoms with E-state index in [0.717, 1.165) is 19.5 Å². The third-order valence-corrected chi connectivity index (χ3v) is 5.57. The standard InChI is InChI=1S/C23H32N2/c1-5-19-12-9-13-21(20-10-7-6-8-11-20)22(19)25-16-14-23(2,15-17-25)18-24(3)4/h6-13H,5,14-18H2,1-4H3. The monoisotopic (exact) mass is 336 g/mol. The number of hydrogen-bond acceptors (Lipinski definition) is 2. The van der Waals surface area contributed by atoms with Crippen LogP contribution in [-0.2, 0) is 6.42 Å². The van der Waals surface area contributed by atoms with Crippen LogP contribution in [0, 0.1) is 5.41 Å². The normalized spacial score (nSPS) is 17.1. The van der Waals surface area contributed by atoms with Gasteiger partial charge in [-0.05, 0) is 49.9 Å². The number of piperidine rings is 1. The molecule has 2 nitrogen and oxygen atoms in total. The number of anilines is 1. The second-order valence-corrected chi connectivity index (χ2v) is 8.07. The van der Waals surface area contributed by atoms with Crippen molar-refractivity contribution in [1.29, 1.82) is 0 Å². The molecule has 1 fully saturated rings. The number of rotatable bonds is 5. The van der Waals surface area contributed by atoms with Crippen molar-refractivity contribution in [2.45, 2.75) is 33.1 Å². The van der Waals surface area contributed by atoms with Gasteiger partial charge in [0.15, 0.2) is 0 Å². The Labute approximate surface area is 153 Å². The van der Waals surface area contributed by atoms with Crippen LogP contribution in [0.4, 0.5) is 5.69 Å². The van der Waals surface area contributed by atoms with Crippen LogP contribution >= 0.6 is 0 Å². The van der Waals surface area contributed by atoms with E-state index >= 15 is 0 Å². The third-order valence-electron chi connectivity index (χ3n) is 5.57. The molecule has 2 heteroatoms. The first-order valence-electron chi connectivity index (χ1n) is 9.59. The molecule has 1 aliphatic heterocycles. The summed E-state index contributed by atoms with van der Waals surface area (Å²) in [5.41, 5.74) is 6.08. The van der Waals surface area contributed by atoms with Gasteiger partial charge in [0.05, 0.1) is 0 Å². The molecular weight excluding hydrogens is 304 g/mol. The maximum atomic E-state index is 2.64. The molecule has 0 aliphatic carbocycles. The first-order chi connectivity index (χ1) is 12.0. The molecule has 0 N–H and O–H groups in total. The molecule has 25 heavy (non-hydrogen) atoms. The lowest BCUT2D eigenvalue weighted by molar-refractivity contribution is 0.175. The largest absolute Gasteiger partial charge is 0.371 e. The van der Waals surface area contributed by atoms with Crippen LogP contribution in [-0.4, -0.2) is 38.6 Å². The second kappa shape index (κ2) is 7.61. The minimum absolute atomic E-state index is 0.439. The zero-order valence-corrected chi connectivity index (χ0v) is 16.3. The van der Waals surface area contributed by atoms with E-state index in [4.69, 9.17) is 0 Å². The van der Waals surface area contributed by atoms with Crippen molar-refractivity contribution in [3.63, 3.8) is 0 Å². The number of benzene rings is 2. The van der Waals surface area contributed by atoms with Crippen LogP contribution in [0.25, 0.3) is 11.1 Å². The third kappa shape index (κ3) is 4.07. The van der Waals surface area contributed by atoms with Crippen molar-refractivity contribution >= 4 is 5.69 Å². The zero-order valence-electron chi connectivity index (χ0n) is 16.3. The first kappa shape index (κ1) is 18.0. The zero-order chi connectivity index (χ0) is 17.9. The van der Waals surface area contributed by atoms with Crippen LogP contribution < -0.4 is 4.90 Å². The van der Waals surface area contributed by atoms with E-state index in [2.05, 4.69) is 86.3 Å². The number of para-hydroxylation sites is 1. The van der Waals surface area contributed by atoms with Crippen molar-refractivity contribution in [3.05, 3.63) is 54.1 Å². The molecule has 0 aromatic heterocycles. The van der Waals surface area contributed by atoms with Crippen molar-refractivity contribution < 1.29 is 0 Å². The van der Waals surface area contributed by atoms with Gasteiger partial charge in [0, 0.05) is 30.9 Å². The van der Waals surface area contributed by atoms with Crippen molar-refractivity contribution in [2.24, 2.45) is 5.41 Å². The van der Waals surface area contributed by atoms with Crippen LogP contribution in [0.15, 0.2) is 48.5 Å². The van der Waals surface area contributed by atoms with E-state index in [1.807, 2.05) is 0 Å². The molecule has 0 amide bonds. The van der Waals surface area contributed by atoms with E-state index < -0.39 is 0 Å². The summed E-state index contributed by atoms with van der Waals surface area (Å²) >= 11 is 0. The van der Waals surface area contributed by atoms with Crippen molar-refractivity contribution in [3.8, 4) is 11.1 Å². The Morgan fingerprint density at radius 2 is 1.64 bits per heavy atom. The summed E-state index contributed by atoms with van der Waals surface area (Å²) in [5.74, 6) is 0. The molecule has 2 aromatic carbocycles. The molecule has 2 aromatic rings. The highest BCUT2D eigenvalue weighted by Gasteiger charge is 2.31. The molecular formula is C23H32N2. The van der Waals surface area contributed by atoms with Gasteiger partial charge < -0.3 is 9.80 Å². The molecule has 0 atom stereocenters. The van der Waals surface area contributed by atoms with Crippen LogP contribution in [0.5, 0.6) is 0 Å². The maximum Gasteiger partial charge on any atom is 0.0478 e. The summed E-state index contributed by atoms with van der Waals surface area (Å²) in [7, 11) is 4.38. The lowest BCUT2D eigenvalue weighted by Crippen LogP contribution is -2.43. The summed E-state index contributed by atoms with van der Waals surface area (Å²) in [5, 5.41) is 0. The minimum Gasteiger partial charge on any atom is -0.371 e. The van der Waals surface area contributed by atoms with E-state index in [9.17, 15) is 0 Å². The molecule has 3 rings (SSSR count). The molecule has 0 spiro atoms. The molecule has 0 unspecified atom stereocenters. The summed E-state index contributed by atoms with van der Waals surface area (Å²) < 4.78 is 0. The molecule has 1 heterocycles. The fourth-order valence-electron chi connectivity index (χ4n) is 4.29. The number of nitrogens with zero attached hydrogens (tertiary/aromatic N) is 2. The lowest BCUT2D eigenvalue weighted by atomic mass is 9.79. The Morgan fingerprint density at radius 1 is 0.960 bits per heavy atom. The SMILES string of the molecule is CCc1cccc(-c2ccccc2)c1N1CCC(C)(CN(C)C)CC1. The Morgan fingerprint density at radius 3 is 2.24 bits per heavy atom. The van der Waals surface area contributed by atoms with Gasteiger partial charge in [-0.1, -0.05) is 62.4 Å². The Balaban J connectivity index is 1.90. The summed E-state index contributed by atoms with van der Waals surface area (Å²) in [6, 6.07) is 17.7. The van der Waals surface area contributed by atoms with Crippen molar-refractivity contribution in [2.75, 3.05) is 38.6 Å². The van der Waals surface area contributed by atoms with E-state index in [1.54, 1.807) is 0 Å². The highest BCUT2D eigenvalue weighted by Crippen LogP contribution is 2.39. The smallest absolute Gasteiger partial charge is 0.0478 e. The van der Waals surface area contributed by atoms with Crippen LogP contribution in [0.3, 0.4) is 0 Å². The number of hydrogen-bond donors (Lipinski definition) is 0. The van der Waals surface area contributed by atoms with Gasteiger partial charge in [0.1, 0.15) is 0 Å². The quantitative estimate of drug-likeness (QED) is 0.751. The fraction of sp³-hybridized carbons (Fsp3) is 0.478. The first-order valence-corrected chi connectivity index (χ1v) is 9.59. The molecule has 134 valence electrons. The molecule has 1 aliphatic rings. The Bertz CT molecular complexity index is 682. The molecule has 1 saturated heterocycles. The second-order valence-electron chi connectivity index (χ2n) is 8.07. The van der Waals surface area contributed by atoms with Gasteiger partial charge >= 0.3 is 0 Å². The Hall–Kier alpha value is -1.80. The maximum absolute atomic E-state index is 2.64. The fourth-order valence-corrected chi connectivity index (χ4v) is 4.29.